The van der Waals surface area contributed by atoms with E-state index in [1.807, 2.05) is 32.9 Å². The maximum Gasteiger partial charge on any atom is 0.328 e. The summed E-state index contributed by atoms with van der Waals surface area (Å²) < 4.78 is 5.67. The highest BCUT2D eigenvalue weighted by atomic mass is 35.5. The average Bonchev–Trinajstić information content (AvgIpc) is 2.40. The quantitative estimate of drug-likeness (QED) is 0.913. The summed E-state index contributed by atoms with van der Waals surface area (Å²) in [6, 6.07) is 3.88. The molecule has 1 N–H and O–H groups in total. The summed E-state index contributed by atoms with van der Waals surface area (Å²) in [6.45, 7) is 6.58. The number of anilines is 1. The van der Waals surface area contributed by atoms with Gasteiger partial charge < -0.3 is 10.1 Å². The molecule has 0 radical (unpaired) electrons. The number of ether oxygens (including phenoxy) is 1. The van der Waals surface area contributed by atoms with E-state index in [4.69, 9.17) is 16.3 Å². The average molecular weight is 294 g/mol. The molecule has 2 heterocycles. The summed E-state index contributed by atoms with van der Waals surface area (Å²) in [6.07, 6.45) is 0.760. The minimum Gasteiger partial charge on any atom is -0.422 e. The Kier molecular flexibility index (Phi) is 4.68. The summed E-state index contributed by atoms with van der Waals surface area (Å²) in [7, 11) is 0. The molecule has 0 aromatic carbocycles. The predicted octanol–water partition coefficient (Wildman–Crippen LogP) is 3.01. The maximum absolute atomic E-state index is 5.85. The van der Waals surface area contributed by atoms with Crippen LogP contribution in [0, 0.1) is 6.92 Å². The highest BCUT2D eigenvalue weighted by Crippen LogP contribution is 2.23. The van der Waals surface area contributed by atoms with Crippen LogP contribution in [0.15, 0.2) is 12.1 Å². The summed E-state index contributed by atoms with van der Waals surface area (Å²) in [5, 5.41) is 3.06. The molecular formula is C13H16ClN5O. The summed E-state index contributed by atoms with van der Waals surface area (Å²) in [5.74, 6) is 1.02. The number of rotatable bonds is 5. The molecule has 0 saturated heterocycles. The lowest BCUT2D eigenvalue weighted by Crippen LogP contribution is -2.05. The summed E-state index contributed by atoms with van der Waals surface area (Å²) in [5.41, 5.74) is 1.79. The minimum atomic E-state index is 0.0871. The minimum absolute atomic E-state index is 0.0871. The number of aromatic nitrogens is 4. The van der Waals surface area contributed by atoms with Crippen LogP contribution in [-0.4, -0.2) is 26.5 Å². The molecule has 7 heteroatoms. The standard InChI is InChI=1S/C13H16ClN5O/c1-4-9-10(7-6-8(3)16-9)20-13-18-11(14)17-12(19-13)15-5-2/h6-7H,4-5H2,1-3H3,(H,15,17,18,19). The van der Waals surface area contributed by atoms with Gasteiger partial charge in [-0.25, -0.2) is 0 Å². The van der Waals surface area contributed by atoms with Gasteiger partial charge >= 0.3 is 6.01 Å². The van der Waals surface area contributed by atoms with E-state index in [0.717, 1.165) is 17.8 Å². The lowest BCUT2D eigenvalue weighted by atomic mass is 10.2. The first kappa shape index (κ1) is 14.5. The number of nitrogens with one attached hydrogen (secondary N) is 1. The lowest BCUT2D eigenvalue weighted by Gasteiger charge is -2.09. The van der Waals surface area contributed by atoms with Crippen LogP contribution in [0.1, 0.15) is 25.2 Å². The first-order chi connectivity index (χ1) is 9.62. The van der Waals surface area contributed by atoms with E-state index in [-0.39, 0.29) is 11.3 Å². The first-order valence-electron chi connectivity index (χ1n) is 6.42. The molecule has 0 amide bonds. The third kappa shape index (κ3) is 3.54. The Labute approximate surface area is 122 Å². The van der Waals surface area contributed by atoms with Crippen LogP contribution in [-0.2, 0) is 6.42 Å². The van der Waals surface area contributed by atoms with Crippen molar-refractivity contribution in [1.29, 1.82) is 0 Å². The maximum atomic E-state index is 5.85. The van der Waals surface area contributed by atoms with Crippen molar-refractivity contribution < 1.29 is 4.74 Å². The number of halogens is 1. The van der Waals surface area contributed by atoms with Crippen molar-refractivity contribution in [3.8, 4) is 11.8 Å². The third-order valence-electron chi connectivity index (χ3n) is 2.53. The number of pyridine rings is 1. The van der Waals surface area contributed by atoms with Gasteiger partial charge in [-0.2, -0.15) is 15.0 Å². The van der Waals surface area contributed by atoms with Crippen LogP contribution in [0.25, 0.3) is 0 Å². The zero-order chi connectivity index (χ0) is 14.5. The molecule has 0 aliphatic heterocycles. The van der Waals surface area contributed by atoms with Gasteiger partial charge in [-0.05, 0) is 44.0 Å². The molecule has 0 spiro atoms. The van der Waals surface area contributed by atoms with E-state index in [9.17, 15) is 0 Å². The third-order valence-corrected chi connectivity index (χ3v) is 2.70. The Bertz CT molecular complexity index is 605. The fourth-order valence-corrected chi connectivity index (χ4v) is 1.81. The van der Waals surface area contributed by atoms with Gasteiger partial charge in [0.1, 0.15) is 0 Å². The van der Waals surface area contributed by atoms with Crippen LogP contribution >= 0.6 is 11.6 Å². The number of hydrogen-bond donors (Lipinski definition) is 1. The van der Waals surface area contributed by atoms with Gasteiger partial charge in [-0.15, -0.1) is 0 Å². The van der Waals surface area contributed by atoms with Gasteiger partial charge in [-0.3, -0.25) is 4.98 Å². The van der Waals surface area contributed by atoms with E-state index in [1.54, 1.807) is 0 Å². The van der Waals surface area contributed by atoms with E-state index in [0.29, 0.717) is 18.2 Å². The molecule has 0 unspecified atom stereocenters. The van der Waals surface area contributed by atoms with Crippen LogP contribution in [0.4, 0.5) is 5.95 Å². The van der Waals surface area contributed by atoms with E-state index >= 15 is 0 Å². The monoisotopic (exact) mass is 293 g/mol. The fraction of sp³-hybridized carbons (Fsp3) is 0.385. The normalized spacial score (nSPS) is 10.4. The van der Waals surface area contributed by atoms with Crippen molar-refractivity contribution in [2.45, 2.75) is 27.2 Å². The lowest BCUT2D eigenvalue weighted by molar-refractivity contribution is 0.432. The Balaban J connectivity index is 2.29. The first-order valence-corrected chi connectivity index (χ1v) is 6.80. The van der Waals surface area contributed by atoms with E-state index in [2.05, 4.69) is 25.3 Å². The molecule has 2 aromatic rings. The number of aryl methyl sites for hydroxylation is 2. The second kappa shape index (κ2) is 6.47. The van der Waals surface area contributed by atoms with Crippen LogP contribution in [0.3, 0.4) is 0 Å². The molecule has 2 rings (SSSR count). The van der Waals surface area contributed by atoms with Crippen molar-refractivity contribution in [2.24, 2.45) is 0 Å². The van der Waals surface area contributed by atoms with Gasteiger partial charge in [0.15, 0.2) is 5.75 Å². The van der Waals surface area contributed by atoms with Crippen molar-refractivity contribution in [1.82, 2.24) is 19.9 Å². The van der Waals surface area contributed by atoms with Crippen LogP contribution < -0.4 is 10.1 Å². The van der Waals surface area contributed by atoms with Gasteiger partial charge in [0, 0.05) is 12.2 Å². The molecular weight excluding hydrogens is 278 g/mol. The topological polar surface area (TPSA) is 72.8 Å². The molecule has 0 atom stereocenters. The van der Waals surface area contributed by atoms with Crippen LogP contribution in [0.5, 0.6) is 11.8 Å². The Hall–Kier alpha value is -1.95. The Morgan fingerprint density at radius 2 is 1.95 bits per heavy atom. The van der Waals surface area contributed by atoms with Gasteiger partial charge in [-0.1, -0.05) is 6.92 Å². The van der Waals surface area contributed by atoms with Crippen molar-refractivity contribution in [3.05, 3.63) is 28.8 Å². The molecule has 106 valence electrons. The zero-order valence-electron chi connectivity index (χ0n) is 11.6. The van der Waals surface area contributed by atoms with Crippen molar-refractivity contribution in [3.63, 3.8) is 0 Å². The van der Waals surface area contributed by atoms with Crippen molar-refractivity contribution >= 4 is 17.5 Å². The van der Waals surface area contributed by atoms with Gasteiger partial charge in [0.25, 0.3) is 0 Å². The molecule has 0 saturated carbocycles. The zero-order valence-corrected chi connectivity index (χ0v) is 12.4. The number of nitrogens with zero attached hydrogens (tertiary/aromatic N) is 4. The van der Waals surface area contributed by atoms with E-state index < -0.39 is 0 Å². The SMILES string of the molecule is CCNc1nc(Cl)nc(Oc2ccc(C)nc2CC)n1. The van der Waals surface area contributed by atoms with Gasteiger partial charge in [0.2, 0.25) is 11.2 Å². The highest BCUT2D eigenvalue weighted by molar-refractivity contribution is 6.28. The van der Waals surface area contributed by atoms with Gasteiger partial charge in [0.05, 0.1) is 5.69 Å². The Morgan fingerprint density at radius 3 is 2.65 bits per heavy atom. The number of hydrogen-bond acceptors (Lipinski definition) is 6. The molecule has 0 aliphatic rings. The molecule has 20 heavy (non-hydrogen) atoms. The Morgan fingerprint density at radius 1 is 1.15 bits per heavy atom. The summed E-state index contributed by atoms with van der Waals surface area (Å²) in [4.78, 5) is 16.5. The van der Waals surface area contributed by atoms with E-state index in [1.165, 1.54) is 0 Å². The molecule has 0 bridgehead atoms. The molecule has 6 nitrogen and oxygen atoms in total. The molecule has 0 aliphatic carbocycles. The molecule has 2 aromatic heterocycles. The second-order valence-electron chi connectivity index (χ2n) is 4.09. The fourth-order valence-electron chi connectivity index (χ4n) is 1.66. The molecule has 0 fully saturated rings. The smallest absolute Gasteiger partial charge is 0.328 e. The predicted molar refractivity (Wildman–Crippen MR) is 77.4 cm³/mol. The summed E-state index contributed by atoms with van der Waals surface area (Å²) >= 11 is 5.85. The highest BCUT2D eigenvalue weighted by Gasteiger charge is 2.10. The second-order valence-corrected chi connectivity index (χ2v) is 4.43. The van der Waals surface area contributed by atoms with Crippen molar-refractivity contribution in [2.75, 3.05) is 11.9 Å². The van der Waals surface area contributed by atoms with Crippen LogP contribution in [0.2, 0.25) is 5.28 Å². The largest absolute Gasteiger partial charge is 0.422 e.